The van der Waals surface area contributed by atoms with E-state index in [2.05, 4.69) is 26.2 Å². The van der Waals surface area contributed by atoms with Gasteiger partial charge in [-0.2, -0.15) is 0 Å². The van der Waals surface area contributed by atoms with Gasteiger partial charge in [-0.3, -0.25) is 0 Å². The van der Waals surface area contributed by atoms with Gasteiger partial charge in [-0.25, -0.2) is 4.98 Å². The molecule has 1 heterocycles. The minimum Gasteiger partial charge on any atom is -0.508 e. The number of halogens is 1. The Labute approximate surface area is 102 Å². The second-order valence-corrected chi connectivity index (χ2v) is 4.16. The normalized spacial score (nSPS) is 10.1. The maximum Gasteiger partial charge on any atom is 0.120 e. The summed E-state index contributed by atoms with van der Waals surface area (Å²) in [5, 5.41) is 12.8. The van der Waals surface area contributed by atoms with E-state index in [4.69, 9.17) is 0 Å². The summed E-state index contributed by atoms with van der Waals surface area (Å²) in [6.07, 6.45) is 1.74. The highest BCUT2D eigenvalue weighted by Crippen LogP contribution is 2.17. The van der Waals surface area contributed by atoms with Crippen molar-refractivity contribution >= 4 is 21.6 Å². The first-order valence-electron chi connectivity index (χ1n) is 4.88. The van der Waals surface area contributed by atoms with Crippen molar-refractivity contribution in [1.82, 2.24) is 4.98 Å². The summed E-state index contributed by atoms with van der Waals surface area (Å²) in [6, 6.07) is 11.1. The molecule has 16 heavy (non-hydrogen) atoms. The second-order valence-electron chi connectivity index (χ2n) is 3.35. The van der Waals surface area contributed by atoms with Crippen LogP contribution in [0.5, 0.6) is 5.75 Å². The number of rotatable bonds is 3. The molecule has 2 aromatic rings. The van der Waals surface area contributed by atoms with Gasteiger partial charge < -0.3 is 10.4 Å². The number of pyridine rings is 1. The number of hydrogen-bond acceptors (Lipinski definition) is 3. The molecule has 1 aromatic heterocycles. The fraction of sp³-hybridized carbons (Fsp3) is 0.0833. The van der Waals surface area contributed by atoms with Crippen LogP contribution in [-0.2, 0) is 6.54 Å². The monoisotopic (exact) mass is 278 g/mol. The molecule has 0 amide bonds. The van der Waals surface area contributed by atoms with Crippen molar-refractivity contribution in [1.29, 1.82) is 0 Å². The zero-order valence-electron chi connectivity index (χ0n) is 8.52. The van der Waals surface area contributed by atoms with E-state index in [1.54, 1.807) is 18.3 Å². The first-order valence-corrected chi connectivity index (χ1v) is 5.67. The number of aromatic nitrogens is 1. The molecule has 2 N–H and O–H groups in total. The summed E-state index contributed by atoms with van der Waals surface area (Å²) < 4.78 is 0.806. The quantitative estimate of drug-likeness (QED) is 0.848. The third-order valence-electron chi connectivity index (χ3n) is 2.20. The van der Waals surface area contributed by atoms with Crippen molar-refractivity contribution in [3.05, 3.63) is 52.8 Å². The SMILES string of the molecule is Oc1ccccc1CNc1ccc(Br)nc1. The van der Waals surface area contributed by atoms with Gasteiger partial charge in [0.25, 0.3) is 0 Å². The maximum absolute atomic E-state index is 9.57. The smallest absolute Gasteiger partial charge is 0.120 e. The van der Waals surface area contributed by atoms with Crippen LogP contribution in [0.3, 0.4) is 0 Å². The van der Waals surface area contributed by atoms with E-state index in [9.17, 15) is 5.11 Å². The molecule has 0 aliphatic carbocycles. The number of hydrogen-bond donors (Lipinski definition) is 2. The number of nitrogens with one attached hydrogen (secondary N) is 1. The number of phenols is 1. The third-order valence-corrected chi connectivity index (χ3v) is 2.67. The zero-order valence-corrected chi connectivity index (χ0v) is 10.1. The van der Waals surface area contributed by atoms with Crippen molar-refractivity contribution in [2.24, 2.45) is 0 Å². The van der Waals surface area contributed by atoms with Gasteiger partial charge in [-0.1, -0.05) is 18.2 Å². The summed E-state index contributed by atoms with van der Waals surface area (Å²) in [5.74, 6) is 0.306. The average Bonchev–Trinajstić information content (AvgIpc) is 2.30. The van der Waals surface area contributed by atoms with Gasteiger partial charge in [0.2, 0.25) is 0 Å². The van der Waals surface area contributed by atoms with E-state index < -0.39 is 0 Å². The average molecular weight is 279 g/mol. The molecule has 2 rings (SSSR count). The molecule has 0 saturated carbocycles. The molecule has 0 fully saturated rings. The van der Waals surface area contributed by atoms with Crippen molar-refractivity contribution in [2.75, 3.05) is 5.32 Å². The van der Waals surface area contributed by atoms with Gasteiger partial charge in [0.05, 0.1) is 11.9 Å². The van der Waals surface area contributed by atoms with E-state index in [1.165, 1.54) is 0 Å². The van der Waals surface area contributed by atoms with Crippen LogP contribution in [0.25, 0.3) is 0 Å². The van der Waals surface area contributed by atoms with Gasteiger partial charge in [0, 0.05) is 12.1 Å². The highest BCUT2D eigenvalue weighted by Gasteiger charge is 1.99. The highest BCUT2D eigenvalue weighted by atomic mass is 79.9. The van der Waals surface area contributed by atoms with Crippen LogP contribution in [0.1, 0.15) is 5.56 Å². The Balaban J connectivity index is 2.02. The molecule has 0 spiro atoms. The molecule has 4 heteroatoms. The Kier molecular flexibility index (Phi) is 3.41. The first kappa shape index (κ1) is 11.0. The van der Waals surface area contributed by atoms with Crippen LogP contribution in [0.15, 0.2) is 47.2 Å². The molecule has 3 nitrogen and oxygen atoms in total. The van der Waals surface area contributed by atoms with Crippen molar-refractivity contribution in [2.45, 2.75) is 6.54 Å². The summed E-state index contributed by atoms with van der Waals surface area (Å²) in [7, 11) is 0. The molecule has 0 radical (unpaired) electrons. The minimum absolute atomic E-state index is 0.306. The number of aromatic hydroxyl groups is 1. The van der Waals surface area contributed by atoms with E-state index >= 15 is 0 Å². The molecule has 1 aromatic carbocycles. The van der Waals surface area contributed by atoms with E-state index in [1.807, 2.05) is 24.3 Å². The van der Waals surface area contributed by atoms with E-state index in [-0.39, 0.29) is 0 Å². The van der Waals surface area contributed by atoms with Crippen LogP contribution in [-0.4, -0.2) is 10.1 Å². The molecular formula is C12H11BrN2O. The molecule has 0 saturated heterocycles. The van der Waals surface area contributed by atoms with Crippen molar-refractivity contribution < 1.29 is 5.11 Å². The number of phenolic OH excluding ortho intramolecular Hbond substituents is 1. The van der Waals surface area contributed by atoms with Crippen molar-refractivity contribution in [3.63, 3.8) is 0 Å². The Hall–Kier alpha value is -1.55. The predicted molar refractivity (Wildman–Crippen MR) is 67.4 cm³/mol. The fourth-order valence-corrected chi connectivity index (χ4v) is 1.57. The van der Waals surface area contributed by atoms with Gasteiger partial charge in [-0.05, 0) is 34.1 Å². The van der Waals surface area contributed by atoms with E-state index in [0.717, 1.165) is 15.9 Å². The third kappa shape index (κ3) is 2.73. The topological polar surface area (TPSA) is 45.1 Å². The molecule has 0 atom stereocenters. The largest absolute Gasteiger partial charge is 0.508 e. The van der Waals surface area contributed by atoms with Gasteiger partial charge in [-0.15, -0.1) is 0 Å². The zero-order chi connectivity index (χ0) is 11.4. The predicted octanol–water partition coefficient (Wildman–Crippen LogP) is 3.16. The summed E-state index contributed by atoms with van der Waals surface area (Å²) in [5.41, 5.74) is 1.79. The van der Waals surface area contributed by atoms with E-state index in [0.29, 0.717) is 12.3 Å². The summed E-state index contributed by atoms with van der Waals surface area (Å²) >= 11 is 3.27. The molecule has 0 bridgehead atoms. The van der Waals surface area contributed by atoms with Gasteiger partial charge in [0.1, 0.15) is 10.4 Å². The van der Waals surface area contributed by atoms with Crippen molar-refractivity contribution in [3.8, 4) is 5.75 Å². The number of para-hydroxylation sites is 1. The Morgan fingerprint density at radius 3 is 2.69 bits per heavy atom. The Morgan fingerprint density at radius 1 is 1.19 bits per heavy atom. The Bertz CT molecular complexity index is 471. The lowest BCUT2D eigenvalue weighted by Gasteiger charge is -2.07. The summed E-state index contributed by atoms with van der Waals surface area (Å²) in [4.78, 5) is 4.11. The fourth-order valence-electron chi connectivity index (χ4n) is 1.34. The summed E-state index contributed by atoms with van der Waals surface area (Å²) in [6.45, 7) is 0.579. The van der Waals surface area contributed by atoms with Gasteiger partial charge >= 0.3 is 0 Å². The molecule has 0 aliphatic heterocycles. The second kappa shape index (κ2) is 4.99. The molecule has 0 unspecified atom stereocenters. The van der Waals surface area contributed by atoms with Crippen LogP contribution >= 0.6 is 15.9 Å². The lowest BCUT2D eigenvalue weighted by Crippen LogP contribution is -1.99. The molecular weight excluding hydrogens is 268 g/mol. The molecule has 82 valence electrons. The maximum atomic E-state index is 9.57. The molecule has 0 aliphatic rings. The van der Waals surface area contributed by atoms with Crippen LogP contribution in [0, 0.1) is 0 Å². The lowest BCUT2D eigenvalue weighted by atomic mass is 10.2. The number of benzene rings is 1. The minimum atomic E-state index is 0.306. The Morgan fingerprint density at radius 2 is 2.00 bits per heavy atom. The lowest BCUT2D eigenvalue weighted by molar-refractivity contribution is 0.469. The first-order chi connectivity index (χ1) is 7.75. The van der Waals surface area contributed by atoms with Crippen LogP contribution in [0.2, 0.25) is 0 Å². The highest BCUT2D eigenvalue weighted by molar-refractivity contribution is 9.10. The number of nitrogens with zero attached hydrogens (tertiary/aromatic N) is 1. The standard InChI is InChI=1S/C12H11BrN2O/c13-12-6-5-10(8-15-12)14-7-9-3-1-2-4-11(9)16/h1-6,8,14,16H,7H2. The van der Waals surface area contributed by atoms with Gasteiger partial charge in [0.15, 0.2) is 0 Å². The number of anilines is 1. The van der Waals surface area contributed by atoms with Crippen LogP contribution in [0.4, 0.5) is 5.69 Å². The van der Waals surface area contributed by atoms with Crippen LogP contribution < -0.4 is 5.32 Å².